The first-order valence-corrected chi connectivity index (χ1v) is 17.1. The summed E-state index contributed by atoms with van der Waals surface area (Å²) in [4.78, 5) is 32.3. The van der Waals surface area contributed by atoms with E-state index in [2.05, 4.69) is 15.6 Å². The van der Waals surface area contributed by atoms with E-state index in [-0.39, 0.29) is 28.5 Å². The molecule has 6 rings (SSSR count). The molecular formula is C34H40N4O6S. The van der Waals surface area contributed by atoms with Crippen LogP contribution in [-0.2, 0) is 20.4 Å². The summed E-state index contributed by atoms with van der Waals surface area (Å²) in [5.41, 5.74) is 4.65. The first-order valence-electron chi connectivity index (χ1n) is 15.4. The number of aromatic amines is 1. The van der Waals surface area contributed by atoms with Gasteiger partial charge in [0, 0.05) is 47.8 Å². The average Bonchev–Trinajstić information content (AvgIpc) is 3.51. The van der Waals surface area contributed by atoms with E-state index in [0.29, 0.717) is 45.1 Å². The molecule has 2 aliphatic heterocycles. The van der Waals surface area contributed by atoms with Crippen LogP contribution in [0.15, 0.2) is 41.3 Å². The summed E-state index contributed by atoms with van der Waals surface area (Å²) in [5.74, 6) is 1.17. The Morgan fingerprint density at radius 1 is 1.04 bits per heavy atom. The first kappa shape index (κ1) is 30.9. The van der Waals surface area contributed by atoms with Crippen molar-refractivity contribution in [2.45, 2.75) is 56.2 Å². The molecule has 2 aromatic carbocycles. The van der Waals surface area contributed by atoms with Gasteiger partial charge in [-0.1, -0.05) is 0 Å². The number of aromatic nitrogens is 1. The topological polar surface area (TPSA) is 130 Å². The smallest absolute Gasteiger partial charge is 0.256 e. The molecule has 1 aliphatic carbocycles. The highest BCUT2D eigenvalue weighted by atomic mass is 32.2. The van der Waals surface area contributed by atoms with Crippen molar-refractivity contribution in [2.24, 2.45) is 5.92 Å². The summed E-state index contributed by atoms with van der Waals surface area (Å²) in [6, 6.07) is 9.81. The van der Waals surface area contributed by atoms with Crippen molar-refractivity contribution in [1.82, 2.24) is 15.2 Å². The highest BCUT2D eigenvalue weighted by molar-refractivity contribution is 7.90. The predicted octanol–water partition coefficient (Wildman–Crippen LogP) is 4.72. The van der Waals surface area contributed by atoms with Crippen LogP contribution in [0.1, 0.15) is 64.1 Å². The van der Waals surface area contributed by atoms with E-state index < -0.39 is 9.84 Å². The fourth-order valence-electron chi connectivity index (χ4n) is 6.37. The van der Waals surface area contributed by atoms with Gasteiger partial charge in [0.05, 0.1) is 36.0 Å². The van der Waals surface area contributed by atoms with E-state index in [1.54, 1.807) is 30.3 Å². The van der Waals surface area contributed by atoms with Gasteiger partial charge in [0.1, 0.15) is 11.5 Å². The van der Waals surface area contributed by atoms with Gasteiger partial charge in [0.2, 0.25) is 0 Å². The lowest BCUT2D eigenvalue weighted by Gasteiger charge is -2.25. The summed E-state index contributed by atoms with van der Waals surface area (Å²) in [7, 11) is -0.766. The van der Waals surface area contributed by atoms with Crippen molar-refractivity contribution in [3.8, 4) is 11.5 Å². The van der Waals surface area contributed by atoms with Gasteiger partial charge < -0.3 is 30.0 Å². The first-order chi connectivity index (χ1) is 21.6. The molecule has 10 nitrogen and oxygen atoms in total. The number of ether oxygens (including phenoxy) is 2. The molecular weight excluding hydrogens is 592 g/mol. The van der Waals surface area contributed by atoms with E-state index in [0.717, 1.165) is 49.7 Å². The molecule has 3 aromatic rings. The van der Waals surface area contributed by atoms with Gasteiger partial charge >= 0.3 is 0 Å². The Bertz CT molecular complexity index is 1770. The van der Waals surface area contributed by atoms with Crippen molar-refractivity contribution in [1.29, 1.82) is 0 Å². The second kappa shape index (κ2) is 12.4. The number of benzene rings is 2. The molecule has 3 aliphatic rings. The Labute approximate surface area is 264 Å². The Morgan fingerprint density at radius 3 is 2.47 bits per heavy atom. The number of aryl methyl sites for hydroxylation is 1. The van der Waals surface area contributed by atoms with Crippen LogP contribution in [-0.4, -0.2) is 70.0 Å². The minimum Gasteiger partial charge on any atom is -0.497 e. The monoisotopic (exact) mass is 632 g/mol. The fourth-order valence-corrected chi connectivity index (χ4v) is 7.72. The summed E-state index contributed by atoms with van der Waals surface area (Å²) >= 11 is 0. The lowest BCUT2D eigenvalue weighted by molar-refractivity contribution is -0.110. The van der Waals surface area contributed by atoms with Crippen LogP contribution in [0.5, 0.6) is 11.5 Å². The average molecular weight is 633 g/mol. The number of methoxy groups -OCH3 is 2. The standard InChI is InChI=1S/C34H40N4O6S/c1-20-31(36-21(2)32(20)34(40)38-11-5-6-24(38)18-35-17-22-7-8-22)16-29-28-15-27(9-10-30(28)37-33(29)39)45(41,42)19-23-12-25(43-3)14-26(13-23)44-4/h9-10,12-16,22,24,35-36H,5-8,11,17-19H2,1-4H3,(H,37,39)/t24-/m1/s1. The fraction of sp³-hybridized carbons (Fsp3) is 0.412. The number of hydrogen-bond donors (Lipinski definition) is 3. The Morgan fingerprint density at radius 2 is 1.78 bits per heavy atom. The number of H-pyrrole nitrogens is 1. The van der Waals surface area contributed by atoms with E-state index >= 15 is 0 Å². The number of fused-ring (bicyclic) bond motifs is 1. The Kier molecular flexibility index (Phi) is 8.49. The molecule has 45 heavy (non-hydrogen) atoms. The van der Waals surface area contributed by atoms with Crippen LogP contribution < -0.4 is 20.1 Å². The summed E-state index contributed by atoms with van der Waals surface area (Å²) in [6.45, 7) is 6.30. The molecule has 0 spiro atoms. The number of nitrogens with zero attached hydrogens (tertiary/aromatic N) is 1. The minimum absolute atomic E-state index is 0.000415. The number of carbonyl (C=O) groups is 2. The molecule has 1 aromatic heterocycles. The Balaban J connectivity index is 1.26. The highest BCUT2D eigenvalue weighted by Crippen LogP contribution is 2.37. The minimum atomic E-state index is -3.78. The SMILES string of the molecule is COc1cc(CS(=O)(=O)c2ccc3c(c2)C(=Cc2[nH]c(C)c(C(=O)N4CCC[C@@H]4CNCC4CC4)c2C)C(=O)N3)cc(OC)c1. The van der Waals surface area contributed by atoms with Crippen molar-refractivity contribution < 1.29 is 27.5 Å². The van der Waals surface area contributed by atoms with Crippen LogP contribution in [0.4, 0.5) is 5.69 Å². The van der Waals surface area contributed by atoms with Crippen LogP contribution in [0.2, 0.25) is 0 Å². The molecule has 1 saturated carbocycles. The quantitative estimate of drug-likeness (QED) is 0.261. The molecule has 11 heteroatoms. The van der Waals surface area contributed by atoms with Gasteiger partial charge in [-0.3, -0.25) is 9.59 Å². The maximum Gasteiger partial charge on any atom is 0.256 e. The summed E-state index contributed by atoms with van der Waals surface area (Å²) < 4.78 is 37.6. The molecule has 0 unspecified atom stereocenters. The lowest BCUT2D eigenvalue weighted by Crippen LogP contribution is -2.42. The molecule has 3 heterocycles. The molecule has 2 amide bonds. The lowest BCUT2D eigenvalue weighted by atomic mass is 10.0. The zero-order chi connectivity index (χ0) is 31.9. The molecule has 0 radical (unpaired) electrons. The van der Waals surface area contributed by atoms with Gasteiger partial charge in [-0.15, -0.1) is 0 Å². The maximum absolute atomic E-state index is 13.8. The number of nitrogens with one attached hydrogen (secondary N) is 3. The Hall–Kier alpha value is -4.09. The molecule has 1 saturated heterocycles. The number of anilines is 1. The second-order valence-corrected chi connectivity index (χ2v) is 14.2. The van der Waals surface area contributed by atoms with Gasteiger partial charge in [-0.2, -0.15) is 0 Å². The van der Waals surface area contributed by atoms with Crippen LogP contribution in [0.3, 0.4) is 0 Å². The summed E-state index contributed by atoms with van der Waals surface area (Å²) in [5, 5.41) is 6.39. The van der Waals surface area contributed by atoms with E-state index in [4.69, 9.17) is 9.47 Å². The van der Waals surface area contributed by atoms with Crippen LogP contribution >= 0.6 is 0 Å². The zero-order valence-corrected chi connectivity index (χ0v) is 27.0. The molecule has 3 N–H and O–H groups in total. The third kappa shape index (κ3) is 6.37. The largest absolute Gasteiger partial charge is 0.497 e. The van der Waals surface area contributed by atoms with Gasteiger partial charge in [0.25, 0.3) is 11.8 Å². The third-order valence-corrected chi connectivity index (χ3v) is 10.7. The van der Waals surface area contributed by atoms with Crippen molar-refractivity contribution >= 4 is 39.0 Å². The zero-order valence-electron chi connectivity index (χ0n) is 26.2. The van der Waals surface area contributed by atoms with Crippen molar-refractivity contribution in [2.75, 3.05) is 39.2 Å². The van der Waals surface area contributed by atoms with Crippen molar-refractivity contribution in [3.05, 3.63) is 70.0 Å². The number of hydrogen-bond acceptors (Lipinski definition) is 7. The van der Waals surface area contributed by atoms with E-state index in [1.807, 2.05) is 18.7 Å². The summed E-state index contributed by atoms with van der Waals surface area (Å²) in [6.07, 6.45) is 6.25. The number of amides is 2. The molecule has 238 valence electrons. The number of likely N-dealkylation sites (tertiary alicyclic amines) is 1. The van der Waals surface area contributed by atoms with Crippen LogP contribution in [0.25, 0.3) is 11.6 Å². The van der Waals surface area contributed by atoms with E-state index in [1.165, 1.54) is 39.2 Å². The highest BCUT2D eigenvalue weighted by Gasteiger charge is 2.33. The maximum atomic E-state index is 13.8. The van der Waals surface area contributed by atoms with Gasteiger partial charge in [-0.05, 0) is 99.5 Å². The van der Waals surface area contributed by atoms with E-state index in [9.17, 15) is 18.0 Å². The number of carbonyl (C=O) groups excluding carboxylic acids is 2. The number of rotatable bonds is 11. The molecule has 0 bridgehead atoms. The second-order valence-electron chi connectivity index (χ2n) is 12.3. The predicted molar refractivity (Wildman–Crippen MR) is 173 cm³/mol. The molecule has 2 fully saturated rings. The van der Waals surface area contributed by atoms with Crippen molar-refractivity contribution in [3.63, 3.8) is 0 Å². The van der Waals surface area contributed by atoms with Gasteiger partial charge in [0.15, 0.2) is 9.84 Å². The number of sulfone groups is 1. The van der Waals surface area contributed by atoms with Gasteiger partial charge in [-0.25, -0.2) is 8.42 Å². The van der Waals surface area contributed by atoms with Crippen LogP contribution in [0, 0.1) is 19.8 Å². The molecule has 1 atom stereocenters. The third-order valence-electron chi connectivity index (χ3n) is 9.03. The normalized spacial score (nSPS) is 18.8.